The van der Waals surface area contributed by atoms with Crippen LogP contribution in [0.4, 0.5) is 0 Å². The molecule has 1 aromatic rings. The first kappa shape index (κ1) is 18.7. The predicted octanol–water partition coefficient (Wildman–Crippen LogP) is 2.01. The minimum absolute atomic E-state index is 0.0784. The van der Waals surface area contributed by atoms with Gasteiger partial charge in [0.25, 0.3) is 11.8 Å². The number of hydrogen-bond donors (Lipinski definition) is 2. The fourth-order valence-electron chi connectivity index (χ4n) is 2.14. The zero-order valence-corrected chi connectivity index (χ0v) is 13.8. The molecule has 1 atom stereocenters. The summed E-state index contributed by atoms with van der Waals surface area (Å²) in [5, 5.41) is 11.7. The van der Waals surface area contributed by atoms with Crippen molar-refractivity contribution in [2.75, 3.05) is 20.1 Å². The lowest BCUT2D eigenvalue weighted by molar-refractivity contribution is -0.141. The van der Waals surface area contributed by atoms with E-state index < -0.39 is 11.9 Å². The summed E-state index contributed by atoms with van der Waals surface area (Å²) in [6.45, 7) is 4.42. The zero-order chi connectivity index (χ0) is 17.4. The van der Waals surface area contributed by atoms with Gasteiger partial charge in [-0.2, -0.15) is 0 Å². The van der Waals surface area contributed by atoms with Gasteiger partial charge in [-0.25, -0.2) is 0 Å². The Balaban J connectivity index is 2.77. The van der Waals surface area contributed by atoms with Crippen LogP contribution < -0.4 is 5.32 Å². The highest BCUT2D eigenvalue weighted by molar-refractivity contribution is 5.99. The van der Waals surface area contributed by atoms with Gasteiger partial charge in [0.15, 0.2) is 0 Å². The van der Waals surface area contributed by atoms with Gasteiger partial charge in [-0.3, -0.25) is 14.4 Å². The molecule has 0 aromatic heterocycles. The van der Waals surface area contributed by atoms with Crippen LogP contribution in [0.25, 0.3) is 0 Å². The number of carbonyl (C=O) groups is 3. The SMILES string of the molecule is CCCC(CNC(=O)c1cccc(C(=O)N(C)CC)c1)C(=O)O. The summed E-state index contributed by atoms with van der Waals surface area (Å²) in [5.41, 5.74) is 0.784. The van der Waals surface area contributed by atoms with Crippen molar-refractivity contribution in [1.29, 1.82) is 0 Å². The van der Waals surface area contributed by atoms with Gasteiger partial charge in [0.05, 0.1) is 5.92 Å². The van der Waals surface area contributed by atoms with Crippen molar-refractivity contribution in [3.05, 3.63) is 35.4 Å². The van der Waals surface area contributed by atoms with Gasteiger partial charge in [0.2, 0.25) is 0 Å². The maximum atomic E-state index is 12.2. The minimum Gasteiger partial charge on any atom is -0.481 e. The minimum atomic E-state index is -0.916. The second-order valence-electron chi connectivity index (χ2n) is 5.43. The normalized spacial score (nSPS) is 11.6. The Labute approximate surface area is 136 Å². The van der Waals surface area contributed by atoms with E-state index in [1.54, 1.807) is 30.1 Å². The Hall–Kier alpha value is -2.37. The summed E-state index contributed by atoms with van der Waals surface area (Å²) in [7, 11) is 1.69. The lowest BCUT2D eigenvalue weighted by Crippen LogP contribution is -2.33. The molecule has 0 spiro atoms. The third-order valence-corrected chi connectivity index (χ3v) is 3.69. The van der Waals surface area contributed by atoms with E-state index in [2.05, 4.69) is 5.32 Å². The van der Waals surface area contributed by atoms with Crippen LogP contribution in [0, 0.1) is 5.92 Å². The molecule has 0 aliphatic rings. The molecule has 2 amide bonds. The highest BCUT2D eigenvalue weighted by atomic mass is 16.4. The lowest BCUT2D eigenvalue weighted by Gasteiger charge is -2.15. The Kier molecular flexibility index (Phi) is 7.25. The first-order valence-electron chi connectivity index (χ1n) is 7.77. The van der Waals surface area contributed by atoms with Crippen molar-refractivity contribution < 1.29 is 19.5 Å². The third-order valence-electron chi connectivity index (χ3n) is 3.69. The molecule has 23 heavy (non-hydrogen) atoms. The molecule has 2 N–H and O–H groups in total. The van der Waals surface area contributed by atoms with Gasteiger partial charge in [-0.05, 0) is 31.5 Å². The predicted molar refractivity (Wildman–Crippen MR) is 87.4 cm³/mol. The Bertz CT molecular complexity index is 571. The number of hydrogen-bond acceptors (Lipinski definition) is 3. The molecule has 0 heterocycles. The first-order valence-corrected chi connectivity index (χ1v) is 7.77. The van der Waals surface area contributed by atoms with Crippen molar-refractivity contribution in [3.8, 4) is 0 Å². The summed E-state index contributed by atoms with van der Waals surface area (Å²) in [6, 6.07) is 6.43. The number of nitrogens with one attached hydrogen (secondary N) is 1. The van der Waals surface area contributed by atoms with E-state index in [0.717, 1.165) is 6.42 Å². The van der Waals surface area contributed by atoms with Gasteiger partial charge >= 0.3 is 5.97 Å². The standard InChI is InChI=1S/C17H24N2O4/c1-4-7-14(17(22)23)11-18-15(20)12-8-6-9-13(10-12)16(21)19(3)5-2/h6,8-10,14H,4-5,7,11H2,1-3H3,(H,18,20)(H,22,23). The molecule has 0 aliphatic carbocycles. The quantitative estimate of drug-likeness (QED) is 0.767. The van der Waals surface area contributed by atoms with Gasteiger partial charge in [0.1, 0.15) is 0 Å². The number of benzene rings is 1. The van der Waals surface area contributed by atoms with E-state index in [0.29, 0.717) is 24.1 Å². The van der Waals surface area contributed by atoms with Crippen LogP contribution in [0.15, 0.2) is 24.3 Å². The first-order chi connectivity index (χ1) is 10.9. The van der Waals surface area contributed by atoms with Gasteiger partial charge in [-0.1, -0.05) is 19.4 Å². The molecule has 0 fully saturated rings. The maximum absolute atomic E-state index is 12.2. The Morgan fingerprint density at radius 2 is 1.87 bits per heavy atom. The number of carboxylic acid groups (broad SMARTS) is 1. The van der Waals surface area contributed by atoms with Crippen LogP contribution in [0.2, 0.25) is 0 Å². The smallest absolute Gasteiger partial charge is 0.308 e. The summed E-state index contributed by atoms with van der Waals surface area (Å²) in [5.74, 6) is -2.04. The molecular formula is C17H24N2O4. The van der Waals surface area contributed by atoms with E-state index in [-0.39, 0.29) is 18.4 Å². The summed E-state index contributed by atoms with van der Waals surface area (Å²) < 4.78 is 0. The number of carbonyl (C=O) groups excluding carboxylic acids is 2. The van der Waals surface area contributed by atoms with Crippen molar-refractivity contribution >= 4 is 17.8 Å². The molecule has 0 aliphatic heterocycles. The van der Waals surface area contributed by atoms with E-state index in [1.807, 2.05) is 13.8 Å². The Morgan fingerprint density at radius 3 is 2.43 bits per heavy atom. The second kappa shape index (κ2) is 8.92. The molecule has 6 nitrogen and oxygen atoms in total. The number of nitrogens with zero attached hydrogens (tertiary/aromatic N) is 1. The van der Waals surface area contributed by atoms with Gasteiger partial charge in [-0.15, -0.1) is 0 Å². The highest BCUT2D eigenvalue weighted by Gasteiger charge is 2.18. The molecule has 0 saturated heterocycles. The lowest BCUT2D eigenvalue weighted by atomic mass is 10.0. The van der Waals surface area contributed by atoms with Crippen molar-refractivity contribution in [2.24, 2.45) is 5.92 Å². The molecule has 1 aromatic carbocycles. The average molecular weight is 320 g/mol. The number of amides is 2. The van der Waals surface area contributed by atoms with Crippen molar-refractivity contribution in [2.45, 2.75) is 26.7 Å². The fourth-order valence-corrected chi connectivity index (χ4v) is 2.14. The van der Waals surface area contributed by atoms with Crippen LogP contribution >= 0.6 is 0 Å². The molecule has 0 bridgehead atoms. The van der Waals surface area contributed by atoms with Crippen LogP contribution in [-0.4, -0.2) is 47.9 Å². The van der Waals surface area contributed by atoms with E-state index in [9.17, 15) is 14.4 Å². The van der Waals surface area contributed by atoms with E-state index >= 15 is 0 Å². The number of aliphatic carboxylic acids is 1. The monoisotopic (exact) mass is 320 g/mol. The second-order valence-corrected chi connectivity index (χ2v) is 5.43. The van der Waals surface area contributed by atoms with Crippen LogP contribution in [0.5, 0.6) is 0 Å². The third kappa shape index (κ3) is 5.39. The van der Waals surface area contributed by atoms with Crippen LogP contribution in [0.3, 0.4) is 0 Å². The Morgan fingerprint density at radius 1 is 1.22 bits per heavy atom. The topological polar surface area (TPSA) is 86.7 Å². The van der Waals surface area contributed by atoms with Gasteiger partial charge < -0.3 is 15.3 Å². The molecule has 1 unspecified atom stereocenters. The molecule has 0 radical (unpaired) electrons. The van der Waals surface area contributed by atoms with E-state index in [1.165, 1.54) is 6.07 Å². The highest BCUT2D eigenvalue weighted by Crippen LogP contribution is 2.09. The molecular weight excluding hydrogens is 296 g/mol. The summed E-state index contributed by atoms with van der Waals surface area (Å²) in [6.07, 6.45) is 1.25. The molecule has 126 valence electrons. The van der Waals surface area contributed by atoms with E-state index in [4.69, 9.17) is 5.11 Å². The van der Waals surface area contributed by atoms with Crippen LogP contribution in [-0.2, 0) is 4.79 Å². The molecule has 1 rings (SSSR count). The number of carboxylic acids is 1. The number of rotatable bonds is 8. The zero-order valence-electron chi connectivity index (χ0n) is 13.8. The summed E-state index contributed by atoms with van der Waals surface area (Å²) in [4.78, 5) is 36.9. The molecule has 0 saturated carbocycles. The largest absolute Gasteiger partial charge is 0.481 e. The fraction of sp³-hybridized carbons (Fsp3) is 0.471. The summed E-state index contributed by atoms with van der Waals surface area (Å²) >= 11 is 0. The molecule has 6 heteroatoms. The maximum Gasteiger partial charge on any atom is 0.308 e. The van der Waals surface area contributed by atoms with Crippen molar-refractivity contribution in [1.82, 2.24) is 10.2 Å². The van der Waals surface area contributed by atoms with Crippen LogP contribution in [0.1, 0.15) is 47.4 Å². The average Bonchev–Trinajstić information content (AvgIpc) is 2.56. The van der Waals surface area contributed by atoms with Gasteiger partial charge in [0, 0.05) is 31.3 Å². The van der Waals surface area contributed by atoms with Crippen molar-refractivity contribution in [3.63, 3.8) is 0 Å².